The summed E-state index contributed by atoms with van der Waals surface area (Å²) >= 11 is 0. The maximum absolute atomic E-state index is 12.8. The highest BCUT2D eigenvalue weighted by Gasteiger charge is 2.48. The van der Waals surface area contributed by atoms with Crippen molar-refractivity contribution in [3.05, 3.63) is 91.0 Å². The molecule has 3 aromatic rings. The van der Waals surface area contributed by atoms with Crippen molar-refractivity contribution in [3.63, 3.8) is 0 Å². The number of carbonyl (C=O) groups is 2. The third-order valence-electron chi connectivity index (χ3n) is 4.47. The molecule has 0 saturated heterocycles. The van der Waals surface area contributed by atoms with E-state index in [2.05, 4.69) is 0 Å². The van der Waals surface area contributed by atoms with Gasteiger partial charge in [0.1, 0.15) is 29.3 Å². The molecule has 0 heterocycles. The van der Waals surface area contributed by atoms with Gasteiger partial charge in [-0.3, -0.25) is 4.79 Å². The Bertz CT molecular complexity index is 802. The molecular formula is C23H22BrO3P. The van der Waals surface area contributed by atoms with Crippen molar-refractivity contribution in [2.45, 2.75) is 6.92 Å². The summed E-state index contributed by atoms with van der Waals surface area (Å²) < 4.78 is 4.99. The van der Waals surface area contributed by atoms with Gasteiger partial charge in [0.25, 0.3) is 5.78 Å². The molecule has 5 heteroatoms. The number of benzene rings is 3. The summed E-state index contributed by atoms with van der Waals surface area (Å²) in [5, 5.41) is 3.21. The SMILES string of the molecule is CCOC(=O)C(=O)C[P+](c1ccccc1)(c1ccccc1)c1ccccc1.[Br-]. The van der Waals surface area contributed by atoms with Gasteiger partial charge in [-0.1, -0.05) is 54.6 Å². The largest absolute Gasteiger partial charge is 1.00 e. The number of ketones is 1. The lowest BCUT2D eigenvalue weighted by Gasteiger charge is -2.26. The van der Waals surface area contributed by atoms with Crippen molar-refractivity contribution in [2.75, 3.05) is 12.8 Å². The van der Waals surface area contributed by atoms with Crippen LogP contribution in [-0.2, 0) is 14.3 Å². The van der Waals surface area contributed by atoms with Gasteiger partial charge >= 0.3 is 5.97 Å². The molecule has 0 bridgehead atoms. The first-order valence-corrected chi connectivity index (χ1v) is 10.9. The van der Waals surface area contributed by atoms with E-state index in [1.165, 1.54) is 0 Å². The van der Waals surface area contributed by atoms with Crippen LogP contribution >= 0.6 is 7.26 Å². The molecule has 0 aliphatic heterocycles. The standard InChI is InChI=1S/C23H22O3P.BrH/c1-2-26-23(25)22(24)18-27(19-12-6-3-7-13-19,20-14-8-4-9-15-20)21-16-10-5-11-17-21;/h3-17H,2,18H2,1H3;1H/q+1;/p-1. The minimum atomic E-state index is -2.34. The van der Waals surface area contributed by atoms with Crippen LogP contribution in [0.15, 0.2) is 91.0 Å². The van der Waals surface area contributed by atoms with Gasteiger partial charge in [0, 0.05) is 0 Å². The minimum Gasteiger partial charge on any atom is -1.00 e. The van der Waals surface area contributed by atoms with Gasteiger partial charge in [0.15, 0.2) is 0 Å². The summed E-state index contributed by atoms with van der Waals surface area (Å²) in [6, 6.07) is 30.0. The third-order valence-corrected chi connectivity index (χ3v) is 8.78. The fourth-order valence-corrected chi connectivity index (χ4v) is 7.31. The fraction of sp³-hybridized carbons (Fsp3) is 0.130. The zero-order valence-electron chi connectivity index (χ0n) is 15.6. The number of rotatable bonds is 7. The van der Waals surface area contributed by atoms with Crippen LogP contribution < -0.4 is 32.9 Å². The number of hydrogen-bond acceptors (Lipinski definition) is 3. The molecule has 0 fully saturated rings. The van der Waals surface area contributed by atoms with E-state index < -0.39 is 19.0 Å². The third kappa shape index (κ3) is 4.57. The monoisotopic (exact) mass is 456 g/mol. The average Bonchev–Trinajstić information content (AvgIpc) is 2.74. The molecule has 0 aliphatic carbocycles. The molecule has 0 amide bonds. The molecule has 0 spiro atoms. The first-order valence-electron chi connectivity index (χ1n) is 8.93. The topological polar surface area (TPSA) is 43.4 Å². The van der Waals surface area contributed by atoms with E-state index in [1.54, 1.807) is 6.92 Å². The second-order valence-electron chi connectivity index (χ2n) is 6.12. The zero-order valence-corrected chi connectivity index (χ0v) is 18.1. The Morgan fingerprint density at radius 3 is 1.39 bits per heavy atom. The van der Waals surface area contributed by atoms with Crippen LogP contribution in [0.2, 0.25) is 0 Å². The van der Waals surface area contributed by atoms with Crippen molar-refractivity contribution < 1.29 is 31.3 Å². The van der Waals surface area contributed by atoms with E-state index in [4.69, 9.17) is 4.74 Å². The zero-order chi connectivity index (χ0) is 19.1. The lowest BCUT2D eigenvalue weighted by molar-refractivity contribution is -0.152. The molecule has 0 aromatic heterocycles. The lowest BCUT2D eigenvalue weighted by atomic mass is 10.3. The molecule has 0 N–H and O–H groups in total. The summed E-state index contributed by atoms with van der Waals surface area (Å²) in [7, 11) is -2.34. The Kier molecular flexibility index (Phi) is 8.10. The lowest BCUT2D eigenvalue weighted by Crippen LogP contribution is -3.00. The smallest absolute Gasteiger partial charge is 0.378 e. The van der Waals surface area contributed by atoms with E-state index >= 15 is 0 Å². The molecule has 0 aliphatic rings. The van der Waals surface area contributed by atoms with Crippen molar-refractivity contribution in [3.8, 4) is 0 Å². The molecular weight excluding hydrogens is 435 g/mol. The molecule has 0 saturated carbocycles. The Hall–Kier alpha value is -2.29. The van der Waals surface area contributed by atoms with Gasteiger partial charge in [-0.25, -0.2) is 4.79 Å². The molecule has 3 rings (SSSR count). The Morgan fingerprint density at radius 1 is 0.714 bits per heavy atom. The van der Waals surface area contributed by atoms with E-state index in [0.717, 1.165) is 15.9 Å². The minimum absolute atomic E-state index is 0. The molecule has 3 nitrogen and oxygen atoms in total. The molecule has 28 heavy (non-hydrogen) atoms. The van der Waals surface area contributed by atoms with Crippen LogP contribution in [0.1, 0.15) is 6.92 Å². The van der Waals surface area contributed by atoms with Crippen LogP contribution in [0.25, 0.3) is 0 Å². The second kappa shape index (κ2) is 10.3. The van der Waals surface area contributed by atoms with Crippen LogP contribution in [0.4, 0.5) is 0 Å². The van der Waals surface area contributed by atoms with Gasteiger partial charge < -0.3 is 21.7 Å². The number of hydrogen-bond donors (Lipinski definition) is 0. The average molecular weight is 457 g/mol. The number of carbonyl (C=O) groups excluding carboxylic acids is 2. The number of ether oxygens (including phenoxy) is 1. The Balaban J connectivity index is 0.00000280. The quantitative estimate of drug-likeness (QED) is 0.288. The number of Topliss-reactive ketones (excluding diaryl/α,β-unsaturated/α-hetero) is 1. The van der Waals surface area contributed by atoms with Gasteiger partial charge in [-0.15, -0.1) is 0 Å². The van der Waals surface area contributed by atoms with Crippen LogP contribution in [0, 0.1) is 0 Å². The highest BCUT2D eigenvalue weighted by molar-refractivity contribution is 7.96. The van der Waals surface area contributed by atoms with Crippen LogP contribution in [0.3, 0.4) is 0 Å². The maximum atomic E-state index is 12.8. The Morgan fingerprint density at radius 2 is 1.07 bits per heavy atom. The van der Waals surface area contributed by atoms with E-state index in [0.29, 0.717) is 0 Å². The molecule has 0 atom stereocenters. The highest BCUT2D eigenvalue weighted by atomic mass is 79.9. The molecule has 0 unspecified atom stereocenters. The first-order chi connectivity index (χ1) is 13.2. The first kappa shape index (κ1) is 22.0. The second-order valence-corrected chi connectivity index (χ2v) is 9.60. The fourth-order valence-electron chi connectivity index (χ4n) is 3.26. The predicted octanol–water partition coefficient (Wildman–Crippen LogP) is 0.117. The van der Waals surface area contributed by atoms with E-state index in [1.807, 2.05) is 91.0 Å². The molecule has 144 valence electrons. The van der Waals surface area contributed by atoms with E-state index in [-0.39, 0.29) is 29.8 Å². The Labute approximate surface area is 176 Å². The normalized spacial score (nSPS) is 10.6. The summed E-state index contributed by atoms with van der Waals surface area (Å²) in [6.07, 6.45) is 0.115. The summed E-state index contributed by atoms with van der Waals surface area (Å²) in [5.74, 6) is -1.24. The van der Waals surface area contributed by atoms with Gasteiger partial charge in [0.2, 0.25) is 0 Å². The van der Waals surface area contributed by atoms with Crippen molar-refractivity contribution >= 4 is 34.9 Å². The van der Waals surface area contributed by atoms with Crippen molar-refractivity contribution in [2.24, 2.45) is 0 Å². The van der Waals surface area contributed by atoms with E-state index in [9.17, 15) is 9.59 Å². The number of esters is 1. The summed E-state index contributed by atoms with van der Waals surface area (Å²) in [5.41, 5.74) is 0. The predicted molar refractivity (Wildman–Crippen MR) is 112 cm³/mol. The maximum Gasteiger partial charge on any atom is 0.378 e. The summed E-state index contributed by atoms with van der Waals surface area (Å²) in [4.78, 5) is 25.0. The van der Waals surface area contributed by atoms with Crippen LogP contribution in [0.5, 0.6) is 0 Å². The highest BCUT2D eigenvalue weighted by Crippen LogP contribution is 2.55. The molecule has 3 aromatic carbocycles. The van der Waals surface area contributed by atoms with Gasteiger partial charge in [-0.05, 0) is 43.3 Å². The summed E-state index contributed by atoms with van der Waals surface area (Å²) in [6.45, 7) is 1.90. The van der Waals surface area contributed by atoms with Gasteiger partial charge in [-0.2, -0.15) is 0 Å². The van der Waals surface area contributed by atoms with Gasteiger partial charge in [0.05, 0.1) is 6.61 Å². The van der Waals surface area contributed by atoms with Crippen molar-refractivity contribution in [1.29, 1.82) is 0 Å². The molecule has 0 radical (unpaired) electrons. The van der Waals surface area contributed by atoms with Crippen LogP contribution in [-0.4, -0.2) is 24.5 Å². The van der Waals surface area contributed by atoms with Crippen molar-refractivity contribution in [1.82, 2.24) is 0 Å². The number of halogens is 1.